The van der Waals surface area contributed by atoms with Gasteiger partial charge in [0.05, 0.1) is 32.0 Å². The Labute approximate surface area is 541 Å². The van der Waals surface area contributed by atoms with E-state index in [0.29, 0.717) is 19.4 Å². The molecule has 1 aliphatic rings. The number of rotatable bonds is 66. The highest BCUT2D eigenvalue weighted by atomic mass is 16.7. The van der Waals surface area contributed by atoms with E-state index in [1.807, 2.05) is 6.08 Å². The van der Waals surface area contributed by atoms with E-state index in [2.05, 4.69) is 67.8 Å². The van der Waals surface area contributed by atoms with Crippen molar-refractivity contribution in [3.05, 3.63) is 60.8 Å². The predicted molar refractivity (Wildman–Crippen MR) is 370 cm³/mol. The number of hydrogen-bond acceptors (Lipinski definition) is 10. The third-order valence-corrected chi connectivity index (χ3v) is 17.6. The fourth-order valence-electron chi connectivity index (χ4n) is 11.7. The Morgan fingerprint density at radius 3 is 1.23 bits per heavy atom. The van der Waals surface area contributed by atoms with Crippen molar-refractivity contribution in [1.82, 2.24) is 5.32 Å². The van der Waals surface area contributed by atoms with Crippen molar-refractivity contribution in [1.29, 1.82) is 0 Å². The standard InChI is InChI=1S/C77H141NO10/c1-3-5-7-9-11-13-15-44-47-51-55-59-63-70(80)69(68-87-77-76(85)75(84)74(83)71(67-79)88-77)78-72(81)64-60-56-52-48-45-41-39-37-35-33-31-29-27-25-23-21-19-17-16-18-20-22-24-26-28-30-32-34-36-38-40-42-46-50-54-58-62-66-86-73(82)65-61-57-53-49-43-14-12-10-8-6-4-2/h9,11,16,18,22,24,44,47,59,63,69-71,74-77,79-80,83-85H,3-8,10,12-15,17,19-21,23,25-43,45-46,48-58,60-62,64-68H2,1-2H3,(H,78,81)/b11-9+,18-16-,24-22-,47-44+,63-59+. The molecule has 514 valence electrons. The van der Waals surface area contributed by atoms with Gasteiger partial charge in [-0.1, -0.05) is 319 Å². The number of carbonyl (C=O) groups is 2. The van der Waals surface area contributed by atoms with Crippen molar-refractivity contribution in [3.8, 4) is 0 Å². The number of unbranched alkanes of at least 4 members (excludes halogenated alkanes) is 44. The molecule has 7 unspecified atom stereocenters. The van der Waals surface area contributed by atoms with Gasteiger partial charge in [-0.25, -0.2) is 0 Å². The highest BCUT2D eigenvalue weighted by Crippen LogP contribution is 2.23. The van der Waals surface area contributed by atoms with Gasteiger partial charge >= 0.3 is 5.97 Å². The molecule has 11 heteroatoms. The second kappa shape index (κ2) is 65.8. The quantitative estimate of drug-likeness (QED) is 0.0195. The monoisotopic (exact) mass is 1240 g/mol. The zero-order chi connectivity index (χ0) is 63.7. The Bertz CT molecular complexity index is 1650. The summed E-state index contributed by atoms with van der Waals surface area (Å²) in [6.07, 6.45) is 78.2. The van der Waals surface area contributed by atoms with Crippen LogP contribution in [0.5, 0.6) is 0 Å². The topological polar surface area (TPSA) is 175 Å². The van der Waals surface area contributed by atoms with E-state index in [0.717, 1.165) is 70.6 Å². The zero-order valence-corrected chi connectivity index (χ0v) is 57.2. The lowest BCUT2D eigenvalue weighted by molar-refractivity contribution is -0.302. The third-order valence-electron chi connectivity index (χ3n) is 17.6. The average molecular weight is 1240 g/mol. The van der Waals surface area contributed by atoms with Gasteiger partial charge in [0.15, 0.2) is 6.29 Å². The van der Waals surface area contributed by atoms with Crippen LogP contribution < -0.4 is 5.32 Å². The molecule has 0 bridgehead atoms. The summed E-state index contributed by atoms with van der Waals surface area (Å²) >= 11 is 0. The van der Waals surface area contributed by atoms with Crippen LogP contribution in [0.2, 0.25) is 0 Å². The van der Waals surface area contributed by atoms with E-state index in [4.69, 9.17) is 14.2 Å². The van der Waals surface area contributed by atoms with Crippen LogP contribution in [0, 0.1) is 0 Å². The number of esters is 1. The number of allylic oxidation sites excluding steroid dienone is 9. The van der Waals surface area contributed by atoms with Gasteiger partial charge < -0.3 is 45.1 Å². The number of hydrogen-bond donors (Lipinski definition) is 6. The molecule has 0 aromatic rings. The molecular weight excluding hydrogens is 1100 g/mol. The Morgan fingerprint density at radius 2 is 0.784 bits per heavy atom. The maximum Gasteiger partial charge on any atom is 0.305 e. The number of carbonyl (C=O) groups excluding carboxylic acids is 2. The Balaban J connectivity index is 1.93. The van der Waals surface area contributed by atoms with Gasteiger partial charge in [0.1, 0.15) is 24.4 Å². The summed E-state index contributed by atoms with van der Waals surface area (Å²) in [6.45, 7) is 4.30. The van der Waals surface area contributed by atoms with Gasteiger partial charge in [-0.15, -0.1) is 0 Å². The van der Waals surface area contributed by atoms with Crippen molar-refractivity contribution in [2.24, 2.45) is 0 Å². The highest BCUT2D eigenvalue weighted by molar-refractivity contribution is 5.76. The van der Waals surface area contributed by atoms with Crippen LogP contribution in [-0.4, -0.2) is 100 Å². The molecule has 0 aromatic heterocycles. The minimum atomic E-state index is -1.58. The lowest BCUT2D eigenvalue weighted by Gasteiger charge is -2.40. The van der Waals surface area contributed by atoms with Crippen LogP contribution >= 0.6 is 0 Å². The summed E-state index contributed by atoms with van der Waals surface area (Å²) < 4.78 is 16.7. The van der Waals surface area contributed by atoms with E-state index in [1.165, 1.54) is 257 Å². The molecular formula is C77H141NO10. The maximum atomic E-state index is 13.1. The van der Waals surface area contributed by atoms with E-state index in [1.54, 1.807) is 6.08 Å². The maximum absolute atomic E-state index is 13.1. The molecule has 1 fully saturated rings. The van der Waals surface area contributed by atoms with Crippen LogP contribution in [0.3, 0.4) is 0 Å². The molecule has 6 N–H and O–H groups in total. The first-order valence-electron chi connectivity index (χ1n) is 37.6. The first-order chi connectivity index (χ1) is 43.2. The summed E-state index contributed by atoms with van der Waals surface area (Å²) in [4.78, 5) is 25.1. The molecule has 1 amide bonds. The number of aliphatic hydroxyl groups excluding tert-OH is 5. The first-order valence-corrected chi connectivity index (χ1v) is 37.6. The highest BCUT2D eigenvalue weighted by Gasteiger charge is 2.44. The van der Waals surface area contributed by atoms with Gasteiger partial charge in [0.25, 0.3) is 0 Å². The van der Waals surface area contributed by atoms with Crippen molar-refractivity contribution >= 4 is 11.9 Å². The van der Waals surface area contributed by atoms with Crippen LogP contribution in [-0.2, 0) is 23.8 Å². The third kappa shape index (κ3) is 54.0. The minimum absolute atomic E-state index is 0.0120. The summed E-state index contributed by atoms with van der Waals surface area (Å²) in [5.74, 6) is -0.182. The first kappa shape index (κ1) is 83.4. The molecule has 11 nitrogen and oxygen atoms in total. The van der Waals surface area contributed by atoms with E-state index >= 15 is 0 Å². The molecule has 1 rings (SSSR count). The average Bonchev–Trinajstić information content (AvgIpc) is 3.64. The lowest BCUT2D eigenvalue weighted by atomic mass is 9.99. The normalized spacial score (nSPS) is 18.1. The second-order valence-corrected chi connectivity index (χ2v) is 26.0. The zero-order valence-electron chi connectivity index (χ0n) is 57.2. The molecule has 1 aliphatic heterocycles. The van der Waals surface area contributed by atoms with Crippen LogP contribution in [0.4, 0.5) is 0 Å². The van der Waals surface area contributed by atoms with Crippen molar-refractivity contribution in [3.63, 3.8) is 0 Å². The predicted octanol–water partition coefficient (Wildman–Crippen LogP) is 19.7. The van der Waals surface area contributed by atoms with Gasteiger partial charge in [-0.05, 0) is 83.5 Å². The lowest BCUT2D eigenvalue weighted by Crippen LogP contribution is -2.60. The van der Waals surface area contributed by atoms with E-state index in [-0.39, 0.29) is 18.5 Å². The molecule has 1 heterocycles. The largest absolute Gasteiger partial charge is 0.466 e. The van der Waals surface area contributed by atoms with Crippen molar-refractivity contribution in [2.75, 3.05) is 19.8 Å². The van der Waals surface area contributed by atoms with Gasteiger partial charge in [-0.2, -0.15) is 0 Å². The van der Waals surface area contributed by atoms with Gasteiger partial charge in [0, 0.05) is 12.8 Å². The summed E-state index contributed by atoms with van der Waals surface area (Å²) in [5.41, 5.74) is 0. The Hall–Kier alpha value is -2.64. The van der Waals surface area contributed by atoms with Crippen molar-refractivity contribution in [2.45, 2.75) is 397 Å². The molecule has 0 saturated carbocycles. The van der Waals surface area contributed by atoms with Crippen LogP contribution in [0.15, 0.2) is 60.8 Å². The Morgan fingerprint density at radius 1 is 0.420 bits per heavy atom. The summed E-state index contributed by atoms with van der Waals surface area (Å²) in [7, 11) is 0. The number of nitrogens with one attached hydrogen (secondary N) is 1. The SMILES string of the molecule is CCCC/C=C/CC/C=C/CC/C=C/C(O)C(COC1OC(CO)C(O)C(O)C1O)NC(=O)CCCCCCCCCCCCCCCCCCC/C=C\C/C=C\CCCCCCCCCCCCCCCOC(=O)CCCCCCCCCCCCC. The van der Waals surface area contributed by atoms with Crippen LogP contribution in [0.25, 0.3) is 0 Å². The smallest absolute Gasteiger partial charge is 0.305 e. The van der Waals surface area contributed by atoms with Gasteiger partial charge in [-0.3, -0.25) is 9.59 Å². The molecule has 88 heavy (non-hydrogen) atoms. The van der Waals surface area contributed by atoms with E-state index < -0.39 is 49.5 Å². The fourth-order valence-corrected chi connectivity index (χ4v) is 11.7. The molecule has 0 radical (unpaired) electrons. The van der Waals surface area contributed by atoms with Crippen molar-refractivity contribution < 1.29 is 49.3 Å². The van der Waals surface area contributed by atoms with E-state index in [9.17, 15) is 35.1 Å². The molecule has 0 aromatic carbocycles. The summed E-state index contributed by atoms with van der Waals surface area (Å²) in [6, 6.07) is -0.833. The molecule has 7 atom stereocenters. The van der Waals surface area contributed by atoms with Gasteiger partial charge in [0.2, 0.25) is 5.91 Å². The molecule has 0 aliphatic carbocycles. The molecule has 1 saturated heterocycles. The second-order valence-electron chi connectivity index (χ2n) is 26.0. The summed E-state index contributed by atoms with van der Waals surface area (Å²) in [5, 5.41) is 54.4. The molecule has 0 spiro atoms. The number of aliphatic hydroxyl groups is 5. The number of amides is 1. The minimum Gasteiger partial charge on any atom is -0.466 e. The fraction of sp³-hybridized carbons (Fsp3) is 0.844. The van der Waals surface area contributed by atoms with Crippen LogP contribution in [0.1, 0.15) is 354 Å². The number of ether oxygens (including phenoxy) is 3. The Kier molecular flexibility index (Phi) is 62.4.